The van der Waals surface area contributed by atoms with Crippen molar-refractivity contribution in [2.45, 2.75) is 19.9 Å². The highest BCUT2D eigenvalue weighted by Gasteiger charge is 2.03. The second kappa shape index (κ2) is 4.06. The lowest BCUT2D eigenvalue weighted by molar-refractivity contribution is 0.786. The third-order valence-corrected chi connectivity index (χ3v) is 3.42. The van der Waals surface area contributed by atoms with E-state index in [0.29, 0.717) is 4.77 Å². The van der Waals surface area contributed by atoms with Crippen LogP contribution in [0.5, 0.6) is 0 Å². The number of nitrogens with one attached hydrogen (secondary N) is 1. The van der Waals surface area contributed by atoms with Gasteiger partial charge in [-0.3, -0.25) is 5.10 Å². The molecule has 3 nitrogen and oxygen atoms in total. The maximum Gasteiger partial charge on any atom is 0.195 e. The zero-order chi connectivity index (χ0) is 9.97. The van der Waals surface area contributed by atoms with E-state index in [0.717, 1.165) is 13.0 Å². The highest BCUT2D eigenvalue weighted by Crippen LogP contribution is 2.18. The van der Waals surface area contributed by atoms with E-state index in [4.69, 9.17) is 12.2 Å². The van der Waals surface area contributed by atoms with Crippen LogP contribution in [0.1, 0.15) is 17.4 Å². The lowest BCUT2D eigenvalue weighted by Gasteiger charge is -2.01. The SMILES string of the molecule is CCc1ccsc1Cn1cn[nH]c1=S. The van der Waals surface area contributed by atoms with E-state index in [1.165, 1.54) is 10.4 Å². The van der Waals surface area contributed by atoms with Gasteiger partial charge in [-0.05, 0) is 35.6 Å². The van der Waals surface area contributed by atoms with E-state index >= 15 is 0 Å². The Labute approximate surface area is 91.4 Å². The molecule has 14 heavy (non-hydrogen) atoms. The van der Waals surface area contributed by atoms with E-state index in [1.54, 1.807) is 17.7 Å². The molecule has 1 N–H and O–H groups in total. The van der Waals surface area contributed by atoms with Gasteiger partial charge in [0.25, 0.3) is 0 Å². The van der Waals surface area contributed by atoms with Crippen LogP contribution in [0.25, 0.3) is 0 Å². The van der Waals surface area contributed by atoms with Crippen LogP contribution < -0.4 is 0 Å². The summed E-state index contributed by atoms with van der Waals surface area (Å²) in [5.74, 6) is 0. The predicted octanol–water partition coefficient (Wildman–Crippen LogP) is 2.61. The Kier molecular flexibility index (Phi) is 2.79. The normalized spacial score (nSPS) is 10.6. The minimum Gasteiger partial charge on any atom is -0.301 e. The first kappa shape index (κ1) is 9.61. The summed E-state index contributed by atoms with van der Waals surface area (Å²) in [4.78, 5) is 1.37. The van der Waals surface area contributed by atoms with Crippen molar-refractivity contribution in [1.29, 1.82) is 0 Å². The van der Waals surface area contributed by atoms with E-state index in [-0.39, 0.29) is 0 Å². The summed E-state index contributed by atoms with van der Waals surface area (Å²) < 4.78 is 2.63. The van der Waals surface area contributed by atoms with Gasteiger partial charge < -0.3 is 4.57 Å². The van der Waals surface area contributed by atoms with Gasteiger partial charge in [-0.25, -0.2) is 0 Å². The summed E-state index contributed by atoms with van der Waals surface area (Å²) in [6.45, 7) is 3.00. The molecule has 0 saturated heterocycles. The van der Waals surface area contributed by atoms with Gasteiger partial charge in [0.05, 0.1) is 6.54 Å². The molecule has 74 valence electrons. The first-order chi connectivity index (χ1) is 6.81. The average molecular weight is 225 g/mol. The number of H-pyrrole nitrogens is 1. The number of thiophene rings is 1. The number of aryl methyl sites for hydroxylation is 1. The molecule has 2 aromatic rings. The van der Waals surface area contributed by atoms with Crippen LogP contribution in [0.2, 0.25) is 0 Å². The predicted molar refractivity (Wildman–Crippen MR) is 60.2 cm³/mol. The summed E-state index contributed by atoms with van der Waals surface area (Å²) >= 11 is 6.86. The molecule has 0 radical (unpaired) electrons. The Morgan fingerprint density at radius 1 is 1.64 bits per heavy atom. The zero-order valence-electron chi connectivity index (χ0n) is 7.86. The molecular formula is C9H11N3S2. The molecule has 0 spiro atoms. The van der Waals surface area contributed by atoms with Crippen molar-refractivity contribution in [2.24, 2.45) is 0 Å². The Morgan fingerprint density at radius 2 is 2.50 bits per heavy atom. The first-order valence-corrected chi connectivity index (χ1v) is 5.75. The highest BCUT2D eigenvalue weighted by molar-refractivity contribution is 7.71. The summed E-state index contributed by atoms with van der Waals surface area (Å²) in [6.07, 6.45) is 2.81. The largest absolute Gasteiger partial charge is 0.301 e. The van der Waals surface area contributed by atoms with Gasteiger partial charge in [-0.2, -0.15) is 5.10 Å². The van der Waals surface area contributed by atoms with Crippen molar-refractivity contribution in [1.82, 2.24) is 14.8 Å². The summed E-state index contributed by atoms with van der Waals surface area (Å²) in [5.41, 5.74) is 1.40. The van der Waals surface area contributed by atoms with Crippen molar-refractivity contribution in [3.05, 3.63) is 33.0 Å². The number of rotatable bonds is 3. The smallest absolute Gasteiger partial charge is 0.195 e. The molecule has 0 saturated carbocycles. The molecule has 2 heterocycles. The number of aromatic nitrogens is 3. The molecule has 2 rings (SSSR count). The fraction of sp³-hybridized carbons (Fsp3) is 0.333. The number of hydrogen-bond donors (Lipinski definition) is 1. The van der Waals surface area contributed by atoms with Crippen LogP contribution in [-0.4, -0.2) is 14.8 Å². The fourth-order valence-corrected chi connectivity index (χ4v) is 2.50. The highest BCUT2D eigenvalue weighted by atomic mass is 32.1. The van der Waals surface area contributed by atoms with Gasteiger partial charge in [0.1, 0.15) is 6.33 Å². The van der Waals surface area contributed by atoms with Crippen molar-refractivity contribution < 1.29 is 0 Å². The van der Waals surface area contributed by atoms with Gasteiger partial charge in [0.2, 0.25) is 0 Å². The lowest BCUT2D eigenvalue weighted by atomic mass is 10.2. The second-order valence-corrected chi connectivity index (χ2v) is 4.40. The van der Waals surface area contributed by atoms with Gasteiger partial charge >= 0.3 is 0 Å². The van der Waals surface area contributed by atoms with Crippen LogP contribution >= 0.6 is 23.6 Å². The van der Waals surface area contributed by atoms with E-state index in [2.05, 4.69) is 28.6 Å². The Hall–Kier alpha value is -0.940. The third kappa shape index (κ3) is 1.78. The standard InChI is InChI=1S/C9H11N3S2/c1-2-7-3-4-14-8(7)5-12-6-10-11-9(12)13/h3-4,6H,2,5H2,1H3,(H,11,13). The molecule has 0 amide bonds. The van der Waals surface area contributed by atoms with Crippen molar-refractivity contribution >= 4 is 23.6 Å². The van der Waals surface area contributed by atoms with Gasteiger partial charge in [0, 0.05) is 4.88 Å². The van der Waals surface area contributed by atoms with Crippen LogP contribution in [0.3, 0.4) is 0 Å². The first-order valence-electron chi connectivity index (χ1n) is 4.46. The van der Waals surface area contributed by atoms with Crippen molar-refractivity contribution in [3.8, 4) is 0 Å². The van der Waals surface area contributed by atoms with E-state index in [1.807, 2.05) is 4.57 Å². The molecule has 0 atom stereocenters. The maximum atomic E-state index is 5.09. The van der Waals surface area contributed by atoms with Crippen LogP contribution in [0.15, 0.2) is 17.8 Å². The molecule has 0 aliphatic rings. The molecule has 0 unspecified atom stereocenters. The minimum atomic E-state index is 0.681. The van der Waals surface area contributed by atoms with E-state index < -0.39 is 0 Å². The van der Waals surface area contributed by atoms with Gasteiger partial charge in [-0.15, -0.1) is 11.3 Å². The third-order valence-electron chi connectivity index (χ3n) is 2.15. The molecule has 0 bridgehead atoms. The Morgan fingerprint density at radius 3 is 3.14 bits per heavy atom. The molecule has 0 fully saturated rings. The molecule has 0 aliphatic carbocycles. The van der Waals surface area contributed by atoms with Crippen molar-refractivity contribution in [2.75, 3.05) is 0 Å². The van der Waals surface area contributed by atoms with Crippen LogP contribution in [0, 0.1) is 4.77 Å². The Balaban J connectivity index is 2.27. The summed E-state index contributed by atoms with van der Waals surface area (Å²) in [7, 11) is 0. The van der Waals surface area contributed by atoms with E-state index in [9.17, 15) is 0 Å². The lowest BCUT2D eigenvalue weighted by Crippen LogP contribution is -1.98. The van der Waals surface area contributed by atoms with Crippen LogP contribution in [0.4, 0.5) is 0 Å². The molecule has 0 aliphatic heterocycles. The monoisotopic (exact) mass is 225 g/mol. The number of nitrogens with zero attached hydrogens (tertiary/aromatic N) is 2. The summed E-state index contributed by atoms with van der Waals surface area (Å²) in [6, 6.07) is 2.17. The second-order valence-electron chi connectivity index (χ2n) is 3.01. The average Bonchev–Trinajstić information content (AvgIpc) is 2.77. The topological polar surface area (TPSA) is 33.6 Å². The molecule has 5 heteroatoms. The fourth-order valence-electron chi connectivity index (χ4n) is 1.36. The molecule has 0 aromatic carbocycles. The van der Waals surface area contributed by atoms with Gasteiger partial charge in [0.15, 0.2) is 4.77 Å². The molecule has 2 aromatic heterocycles. The zero-order valence-corrected chi connectivity index (χ0v) is 9.49. The maximum absolute atomic E-state index is 5.09. The number of hydrogen-bond acceptors (Lipinski definition) is 3. The minimum absolute atomic E-state index is 0.681. The van der Waals surface area contributed by atoms with Crippen molar-refractivity contribution in [3.63, 3.8) is 0 Å². The quantitative estimate of drug-likeness (QED) is 0.815. The molecular weight excluding hydrogens is 214 g/mol. The van der Waals surface area contributed by atoms with Crippen LogP contribution in [-0.2, 0) is 13.0 Å². The Bertz CT molecular complexity index is 466. The van der Waals surface area contributed by atoms with Gasteiger partial charge in [-0.1, -0.05) is 6.92 Å². The number of aromatic amines is 1. The summed E-state index contributed by atoms with van der Waals surface area (Å²) in [5, 5.41) is 8.77.